The van der Waals surface area contributed by atoms with Crippen LogP contribution < -0.4 is 0 Å². The Hall–Kier alpha value is -3.31. The molecule has 3 aromatic rings. The Labute approximate surface area is 141 Å². The van der Waals surface area contributed by atoms with E-state index < -0.39 is 6.10 Å². The van der Waals surface area contributed by atoms with Crippen LogP contribution >= 0.6 is 0 Å². The molecular weight excluding hydrogens is 296 g/mol. The van der Waals surface area contributed by atoms with Gasteiger partial charge >= 0.3 is 5.97 Å². The number of carbonyl (C=O) groups is 1. The number of esters is 1. The van der Waals surface area contributed by atoms with Crippen LogP contribution in [-0.2, 0) is 4.74 Å². The van der Waals surface area contributed by atoms with Gasteiger partial charge in [-0.05, 0) is 30.2 Å². The van der Waals surface area contributed by atoms with Gasteiger partial charge in [-0.3, -0.25) is 0 Å². The maximum absolute atomic E-state index is 12.3. The van der Waals surface area contributed by atoms with Gasteiger partial charge in [0.25, 0.3) is 0 Å². The predicted octanol–water partition coefficient (Wildman–Crippen LogP) is 4.64. The van der Waals surface area contributed by atoms with Gasteiger partial charge in [-0.2, -0.15) is 0 Å². The quantitative estimate of drug-likeness (QED) is 0.520. The maximum Gasteiger partial charge on any atom is 0.339 e. The Bertz CT molecular complexity index is 844. The molecule has 3 rings (SSSR count). The van der Waals surface area contributed by atoms with Gasteiger partial charge in [-0.1, -0.05) is 72.7 Å². The number of hydrogen-bond donors (Lipinski definition) is 0. The number of ether oxygens (including phenoxy) is 1. The molecule has 0 fully saturated rings. The van der Waals surface area contributed by atoms with Crippen molar-refractivity contribution in [2.45, 2.75) is 6.10 Å². The summed E-state index contributed by atoms with van der Waals surface area (Å²) in [6.45, 7) is 0. The highest BCUT2D eigenvalue weighted by atomic mass is 16.5. The number of carbonyl (C=O) groups excluding carboxylic acids is 1. The van der Waals surface area contributed by atoms with Crippen LogP contribution in [-0.4, -0.2) is 5.97 Å². The van der Waals surface area contributed by atoms with Crippen LogP contribution in [0.15, 0.2) is 91.0 Å². The highest BCUT2D eigenvalue weighted by Gasteiger charge is 2.15. The third kappa shape index (κ3) is 4.12. The zero-order valence-corrected chi connectivity index (χ0v) is 13.1. The molecule has 2 heteroatoms. The highest BCUT2D eigenvalue weighted by molar-refractivity contribution is 5.89. The minimum Gasteiger partial charge on any atom is -0.441 e. The minimum atomic E-state index is -0.612. The zero-order valence-electron chi connectivity index (χ0n) is 13.1. The summed E-state index contributed by atoms with van der Waals surface area (Å²) in [5.74, 6) is 5.75. The van der Waals surface area contributed by atoms with Crippen molar-refractivity contribution < 1.29 is 9.53 Å². The first-order valence-corrected chi connectivity index (χ1v) is 7.70. The molecule has 1 unspecified atom stereocenters. The van der Waals surface area contributed by atoms with Crippen molar-refractivity contribution in [1.82, 2.24) is 0 Å². The molecule has 24 heavy (non-hydrogen) atoms. The lowest BCUT2D eigenvalue weighted by Gasteiger charge is -2.13. The lowest BCUT2D eigenvalue weighted by molar-refractivity contribution is 0.0408. The van der Waals surface area contributed by atoms with Crippen molar-refractivity contribution in [3.63, 3.8) is 0 Å². The lowest BCUT2D eigenvalue weighted by atomic mass is 10.1. The third-order valence-electron chi connectivity index (χ3n) is 3.46. The first kappa shape index (κ1) is 15.6. The Balaban J connectivity index is 1.86. The third-order valence-corrected chi connectivity index (χ3v) is 3.46. The van der Waals surface area contributed by atoms with Crippen LogP contribution in [0.3, 0.4) is 0 Å². The van der Waals surface area contributed by atoms with Gasteiger partial charge in [0.15, 0.2) is 6.10 Å². The molecular formula is C22H16O2. The molecule has 0 saturated heterocycles. The van der Waals surface area contributed by atoms with Crippen LogP contribution in [0.5, 0.6) is 0 Å². The van der Waals surface area contributed by atoms with Gasteiger partial charge in [0.2, 0.25) is 0 Å². The average Bonchev–Trinajstić information content (AvgIpc) is 2.67. The largest absolute Gasteiger partial charge is 0.441 e. The Morgan fingerprint density at radius 2 is 1.29 bits per heavy atom. The first-order chi connectivity index (χ1) is 11.8. The van der Waals surface area contributed by atoms with E-state index in [0.717, 1.165) is 11.1 Å². The Morgan fingerprint density at radius 1 is 0.750 bits per heavy atom. The Morgan fingerprint density at radius 3 is 1.92 bits per heavy atom. The molecule has 2 nitrogen and oxygen atoms in total. The van der Waals surface area contributed by atoms with E-state index in [-0.39, 0.29) is 5.97 Å². The zero-order chi connectivity index (χ0) is 16.6. The summed E-state index contributed by atoms with van der Waals surface area (Å²) in [6, 6.07) is 28.1. The molecule has 0 amide bonds. The molecule has 0 aliphatic heterocycles. The number of hydrogen-bond acceptors (Lipinski definition) is 2. The monoisotopic (exact) mass is 312 g/mol. The molecule has 0 aromatic heterocycles. The van der Waals surface area contributed by atoms with Crippen molar-refractivity contribution in [1.29, 1.82) is 0 Å². The van der Waals surface area contributed by atoms with Gasteiger partial charge in [-0.15, -0.1) is 0 Å². The second-order valence-electron chi connectivity index (χ2n) is 5.20. The fraction of sp³-hybridized carbons (Fsp3) is 0.0455. The summed E-state index contributed by atoms with van der Waals surface area (Å²) in [7, 11) is 0. The van der Waals surface area contributed by atoms with Crippen molar-refractivity contribution in [2.24, 2.45) is 0 Å². The molecule has 0 saturated carbocycles. The van der Waals surface area contributed by atoms with Gasteiger partial charge in [0.05, 0.1) is 5.56 Å². The van der Waals surface area contributed by atoms with E-state index in [0.29, 0.717) is 5.56 Å². The highest BCUT2D eigenvalue weighted by Crippen LogP contribution is 2.18. The molecule has 0 aliphatic carbocycles. The van der Waals surface area contributed by atoms with Gasteiger partial charge in [0, 0.05) is 11.1 Å². The SMILES string of the molecule is O=C(OC(C#Cc1ccccc1)c1ccccc1)c1ccccc1. The molecule has 0 radical (unpaired) electrons. The van der Waals surface area contributed by atoms with Crippen LogP contribution in [0.1, 0.15) is 27.6 Å². The molecule has 0 aliphatic rings. The second-order valence-corrected chi connectivity index (χ2v) is 5.20. The smallest absolute Gasteiger partial charge is 0.339 e. The normalized spacial score (nSPS) is 11.0. The molecule has 0 N–H and O–H groups in total. The Kier molecular flexibility index (Phi) is 5.07. The van der Waals surface area contributed by atoms with Crippen molar-refractivity contribution in [2.75, 3.05) is 0 Å². The minimum absolute atomic E-state index is 0.383. The van der Waals surface area contributed by atoms with E-state index in [2.05, 4.69) is 11.8 Å². The van der Waals surface area contributed by atoms with E-state index in [1.54, 1.807) is 12.1 Å². The molecule has 0 spiro atoms. The van der Waals surface area contributed by atoms with Gasteiger partial charge < -0.3 is 4.74 Å². The number of rotatable bonds is 3. The summed E-state index contributed by atoms with van der Waals surface area (Å²) in [6.07, 6.45) is -0.612. The molecule has 0 heterocycles. The topological polar surface area (TPSA) is 26.3 Å². The van der Waals surface area contributed by atoms with E-state index in [9.17, 15) is 4.79 Å². The van der Waals surface area contributed by atoms with Crippen molar-refractivity contribution in [3.05, 3.63) is 108 Å². The summed E-state index contributed by atoms with van der Waals surface area (Å²) >= 11 is 0. The van der Waals surface area contributed by atoms with E-state index in [1.165, 1.54) is 0 Å². The molecule has 1 atom stereocenters. The molecule has 116 valence electrons. The predicted molar refractivity (Wildman–Crippen MR) is 94.4 cm³/mol. The average molecular weight is 312 g/mol. The molecule has 0 bridgehead atoms. The van der Waals surface area contributed by atoms with E-state index in [4.69, 9.17) is 4.74 Å². The van der Waals surface area contributed by atoms with E-state index in [1.807, 2.05) is 78.9 Å². The van der Waals surface area contributed by atoms with Gasteiger partial charge in [0.1, 0.15) is 0 Å². The van der Waals surface area contributed by atoms with Gasteiger partial charge in [-0.25, -0.2) is 4.79 Å². The van der Waals surface area contributed by atoms with Crippen LogP contribution in [0.4, 0.5) is 0 Å². The van der Waals surface area contributed by atoms with Crippen molar-refractivity contribution >= 4 is 5.97 Å². The summed E-state index contributed by atoms with van der Waals surface area (Å²) in [5.41, 5.74) is 2.25. The summed E-state index contributed by atoms with van der Waals surface area (Å²) in [5, 5.41) is 0. The number of benzene rings is 3. The van der Waals surface area contributed by atoms with Crippen molar-refractivity contribution in [3.8, 4) is 11.8 Å². The van der Waals surface area contributed by atoms with E-state index >= 15 is 0 Å². The summed E-state index contributed by atoms with van der Waals surface area (Å²) < 4.78 is 5.63. The van der Waals surface area contributed by atoms with Crippen LogP contribution in [0.2, 0.25) is 0 Å². The van der Waals surface area contributed by atoms with Crippen LogP contribution in [0.25, 0.3) is 0 Å². The standard InChI is InChI=1S/C22H16O2/c23-22(20-14-8-3-9-15-20)24-21(19-12-6-2-7-13-19)17-16-18-10-4-1-5-11-18/h1-15,21H. The maximum atomic E-state index is 12.3. The fourth-order valence-corrected chi connectivity index (χ4v) is 2.23. The lowest BCUT2D eigenvalue weighted by Crippen LogP contribution is -2.10. The molecule has 3 aromatic carbocycles. The first-order valence-electron chi connectivity index (χ1n) is 7.70. The second kappa shape index (κ2) is 7.80. The summed E-state index contributed by atoms with van der Waals surface area (Å²) in [4.78, 5) is 12.3. The fourth-order valence-electron chi connectivity index (χ4n) is 2.23. The van der Waals surface area contributed by atoms with Crippen LogP contribution in [0, 0.1) is 11.8 Å².